The van der Waals surface area contributed by atoms with E-state index in [2.05, 4.69) is 68.5 Å². The van der Waals surface area contributed by atoms with E-state index >= 15 is 0 Å². The molecule has 0 heterocycles. The summed E-state index contributed by atoms with van der Waals surface area (Å²) >= 11 is 0. The third kappa shape index (κ3) is 2.85. The summed E-state index contributed by atoms with van der Waals surface area (Å²) in [5.74, 6) is 0.852. The van der Waals surface area contributed by atoms with Crippen LogP contribution in [0.15, 0.2) is 54.6 Å². The lowest BCUT2D eigenvalue weighted by atomic mass is 9.87. The van der Waals surface area contributed by atoms with Crippen LogP contribution in [0.25, 0.3) is 16.7 Å². The molecule has 20 heavy (non-hydrogen) atoms. The highest BCUT2D eigenvalue weighted by Crippen LogP contribution is 2.31. The molecule has 0 heteroatoms. The van der Waals surface area contributed by atoms with Crippen LogP contribution in [-0.2, 0) is 0 Å². The zero-order valence-electron chi connectivity index (χ0n) is 12.4. The molecule has 0 nitrogen and oxygen atoms in total. The minimum Gasteiger partial charge on any atom is -0.0805 e. The summed E-state index contributed by atoms with van der Waals surface area (Å²) in [6, 6.07) is 17.8. The number of hydrogen-bond donors (Lipinski definition) is 0. The van der Waals surface area contributed by atoms with Gasteiger partial charge in [-0.25, -0.2) is 0 Å². The Labute approximate surface area is 122 Å². The summed E-state index contributed by atoms with van der Waals surface area (Å²) < 4.78 is 0. The molecule has 0 radical (unpaired) electrons. The molecule has 2 aromatic rings. The van der Waals surface area contributed by atoms with Crippen LogP contribution in [0.4, 0.5) is 0 Å². The van der Waals surface area contributed by atoms with Crippen LogP contribution in [0.2, 0.25) is 0 Å². The first-order valence-electron chi connectivity index (χ1n) is 7.59. The number of aryl methyl sites for hydroxylation is 1. The molecule has 0 aromatic heterocycles. The van der Waals surface area contributed by atoms with E-state index in [1.165, 1.54) is 47.1 Å². The maximum absolute atomic E-state index is 2.43. The number of allylic oxidation sites excluding steroid dienone is 2. The number of rotatable bonds is 2. The zero-order chi connectivity index (χ0) is 13.9. The molecule has 1 aliphatic rings. The molecule has 1 aliphatic carbocycles. The fourth-order valence-electron chi connectivity index (χ4n) is 2.85. The quantitative estimate of drug-likeness (QED) is 0.635. The summed E-state index contributed by atoms with van der Waals surface area (Å²) in [6.07, 6.45) is 6.21. The Kier molecular flexibility index (Phi) is 3.73. The van der Waals surface area contributed by atoms with Crippen molar-refractivity contribution >= 4 is 5.57 Å². The van der Waals surface area contributed by atoms with Gasteiger partial charge in [0, 0.05) is 0 Å². The van der Waals surface area contributed by atoms with Crippen molar-refractivity contribution in [1.82, 2.24) is 0 Å². The van der Waals surface area contributed by atoms with Gasteiger partial charge in [-0.1, -0.05) is 67.1 Å². The predicted octanol–water partition coefficient (Wildman–Crippen LogP) is 5.87. The molecule has 1 atom stereocenters. The molecule has 1 unspecified atom stereocenters. The average Bonchev–Trinajstić information content (AvgIpc) is 2.49. The van der Waals surface area contributed by atoms with Crippen molar-refractivity contribution in [1.29, 1.82) is 0 Å². The molecule has 0 N–H and O–H groups in total. The summed E-state index contributed by atoms with van der Waals surface area (Å²) in [4.78, 5) is 0. The number of hydrogen-bond acceptors (Lipinski definition) is 0. The van der Waals surface area contributed by atoms with Crippen molar-refractivity contribution in [2.75, 3.05) is 0 Å². The second-order valence-corrected chi connectivity index (χ2v) is 6.05. The van der Waals surface area contributed by atoms with E-state index in [0.29, 0.717) is 0 Å². The molecule has 3 rings (SSSR count). The van der Waals surface area contributed by atoms with Crippen molar-refractivity contribution in [3.05, 3.63) is 65.7 Å². The van der Waals surface area contributed by atoms with Gasteiger partial charge in [0.05, 0.1) is 0 Å². The first-order chi connectivity index (χ1) is 9.72. The minimum absolute atomic E-state index is 0.852. The van der Waals surface area contributed by atoms with Crippen LogP contribution >= 0.6 is 0 Å². The maximum Gasteiger partial charge on any atom is -0.0184 e. The monoisotopic (exact) mass is 262 g/mol. The van der Waals surface area contributed by atoms with Gasteiger partial charge in [-0.05, 0) is 54.4 Å². The van der Waals surface area contributed by atoms with Crippen molar-refractivity contribution in [3.8, 4) is 11.1 Å². The Balaban J connectivity index is 1.83. The molecular formula is C20H22. The summed E-state index contributed by atoms with van der Waals surface area (Å²) in [5.41, 5.74) is 6.84. The SMILES string of the molecule is Cc1ccc(-c2ccc(C3=CCC(C)CC3)cc2)cc1. The smallest absolute Gasteiger partial charge is 0.0184 e. The second-order valence-electron chi connectivity index (χ2n) is 6.05. The minimum atomic E-state index is 0.852. The highest BCUT2D eigenvalue weighted by atomic mass is 14.2. The van der Waals surface area contributed by atoms with Crippen molar-refractivity contribution in [2.45, 2.75) is 33.1 Å². The summed E-state index contributed by atoms with van der Waals surface area (Å²) in [6.45, 7) is 4.47. The molecule has 0 bridgehead atoms. The molecule has 0 saturated carbocycles. The van der Waals surface area contributed by atoms with E-state index in [1.807, 2.05) is 0 Å². The molecule has 2 aromatic carbocycles. The van der Waals surface area contributed by atoms with Gasteiger partial charge in [0.15, 0.2) is 0 Å². The molecule has 0 aliphatic heterocycles. The summed E-state index contributed by atoms with van der Waals surface area (Å²) in [5, 5.41) is 0. The van der Waals surface area contributed by atoms with E-state index in [-0.39, 0.29) is 0 Å². The van der Waals surface area contributed by atoms with Gasteiger partial charge in [0.25, 0.3) is 0 Å². The average molecular weight is 262 g/mol. The van der Waals surface area contributed by atoms with Gasteiger partial charge in [-0.15, -0.1) is 0 Å². The maximum atomic E-state index is 2.43. The van der Waals surface area contributed by atoms with Crippen LogP contribution < -0.4 is 0 Å². The van der Waals surface area contributed by atoms with Crippen molar-refractivity contribution in [2.24, 2.45) is 5.92 Å². The number of benzene rings is 2. The summed E-state index contributed by atoms with van der Waals surface area (Å²) in [7, 11) is 0. The topological polar surface area (TPSA) is 0 Å². The predicted molar refractivity (Wildman–Crippen MR) is 87.6 cm³/mol. The first kappa shape index (κ1) is 13.2. The van der Waals surface area contributed by atoms with Crippen molar-refractivity contribution < 1.29 is 0 Å². The van der Waals surface area contributed by atoms with Crippen LogP contribution in [0, 0.1) is 12.8 Å². The van der Waals surface area contributed by atoms with E-state index < -0.39 is 0 Å². The highest BCUT2D eigenvalue weighted by molar-refractivity contribution is 5.71. The fourth-order valence-corrected chi connectivity index (χ4v) is 2.85. The molecule has 0 amide bonds. The van der Waals surface area contributed by atoms with E-state index in [9.17, 15) is 0 Å². The van der Waals surface area contributed by atoms with Crippen LogP contribution in [-0.4, -0.2) is 0 Å². The van der Waals surface area contributed by atoms with Crippen LogP contribution in [0.1, 0.15) is 37.3 Å². The Morgan fingerprint density at radius 2 is 1.35 bits per heavy atom. The second kappa shape index (κ2) is 5.66. The molecule has 0 spiro atoms. The van der Waals surface area contributed by atoms with E-state index in [4.69, 9.17) is 0 Å². The van der Waals surface area contributed by atoms with Gasteiger partial charge in [-0.3, -0.25) is 0 Å². The van der Waals surface area contributed by atoms with Crippen LogP contribution in [0.3, 0.4) is 0 Å². The zero-order valence-corrected chi connectivity index (χ0v) is 12.4. The molecule has 102 valence electrons. The molecule has 0 saturated heterocycles. The normalized spacial score (nSPS) is 18.7. The third-order valence-corrected chi connectivity index (χ3v) is 4.31. The Morgan fingerprint density at radius 3 is 1.90 bits per heavy atom. The molecular weight excluding hydrogens is 240 g/mol. The van der Waals surface area contributed by atoms with Gasteiger partial charge in [-0.2, -0.15) is 0 Å². The van der Waals surface area contributed by atoms with Gasteiger partial charge in [0.2, 0.25) is 0 Å². The van der Waals surface area contributed by atoms with E-state index in [1.54, 1.807) is 0 Å². The van der Waals surface area contributed by atoms with Crippen molar-refractivity contribution in [3.63, 3.8) is 0 Å². The fraction of sp³-hybridized carbons (Fsp3) is 0.300. The largest absolute Gasteiger partial charge is 0.0805 e. The standard InChI is InChI=1S/C20H22/c1-15-3-7-17(8-4-15)19-11-13-20(14-12-19)18-9-5-16(2)6-10-18/h3-4,7-9,11-14,16H,5-6,10H2,1-2H3. The van der Waals surface area contributed by atoms with Crippen LogP contribution in [0.5, 0.6) is 0 Å². The van der Waals surface area contributed by atoms with Gasteiger partial charge in [0.1, 0.15) is 0 Å². The first-order valence-corrected chi connectivity index (χ1v) is 7.59. The lowest BCUT2D eigenvalue weighted by Crippen LogP contribution is -2.00. The van der Waals surface area contributed by atoms with Gasteiger partial charge >= 0.3 is 0 Å². The third-order valence-electron chi connectivity index (χ3n) is 4.31. The highest BCUT2D eigenvalue weighted by Gasteiger charge is 2.11. The Morgan fingerprint density at radius 1 is 0.800 bits per heavy atom. The van der Waals surface area contributed by atoms with Gasteiger partial charge < -0.3 is 0 Å². The molecule has 0 fully saturated rings. The Hall–Kier alpha value is -1.82. The lowest BCUT2D eigenvalue weighted by Gasteiger charge is -2.18. The lowest BCUT2D eigenvalue weighted by molar-refractivity contribution is 0.534. The Bertz CT molecular complexity index is 599. The van der Waals surface area contributed by atoms with E-state index in [0.717, 1.165) is 5.92 Å².